The molecule has 0 aliphatic heterocycles. The monoisotopic (exact) mass is 442 g/mol. The molecule has 0 aliphatic carbocycles. The van der Waals surface area contributed by atoms with E-state index < -0.39 is 5.97 Å². The molecule has 6 nitrogen and oxygen atoms in total. The van der Waals surface area contributed by atoms with E-state index in [-0.39, 0.29) is 24.1 Å². The maximum absolute atomic E-state index is 12.2. The summed E-state index contributed by atoms with van der Waals surface area (Å²) in [4.78, 5) is 39.5. The number of thiazole rings is 1. The first-order chi connectivity index (χ1) is 14.5. The van der Waals surface area contributed by atoms with Crippen molar-refractivity contribution < 1.29 is 19.1 Å². The van der Waals surface area contributed by atoms with Crippen LogP contribution in [0.1, 0.15) is 29.3 Å². The van der Waals surface area contributed by atoms with Gasteiger partial charge in [-0.3, -0.25) is 14.4 Å². The number of amides is 1. The summed E-state index contributed by atoms with van der Waals surface area (Å²) >= 11 is 2.84. The van der Waals surface area contributed by atoms with Crippen molar-refractivity contribution in [1.82, 2.24) is 10.3 Å². The second kappa shape index (κ2) is 10.9. The van der Waals surface area contributed by atoms with Gasteiger partial charge in [-0.15, -0.1) is 11.3 Å². The number of aryl methyl sites for hydroxylation is 1. The molecule has 1 heterocycles. The van der Waals surface area contributed by atoms with Gasteiger partial charge in [0.15, 0.2) is 16.7 Å². The van der Waals surface area contributed by atoms with Crippen LogP contribution in [0.15, 0.2) is 52.9 Å². The minimum Gasteiger partial charge on any atom is -0.457 e. The van der Waals surface area contributed by atoms with Crippen molar-refractivity contribution in [3.63, 3.8) is 0 Å². The molecule has 0 radical (unpaired) electrons. The number of carbonyl (C=O) groups is 3. The number of carbonyl (C=O) groups excluding carboxylic acids is 3. The Morgan fingerprint density at radius 1 is 1.10 bits per heavy atom. The standard InChI is InChI=1S/C22H22N2O4S2/c1-15(25)23-12-4-5-16-8-10-17(11-9-16)19(26)13-28-21(27)14-29-22-24-18-6-2-3-7-20(18)30-22/h2-3,6-11H,4-5,12-14H2,1H3,(H,23,25). The summed E-state index contributed by atoms with van der Waals surface area (Å²) in [5, 5.41) is 2.75. The predicted octanol–water partition coefficient (Wildman–Crippen LogP) is 3.88. The molecule has 3 aromatic rings. The van der Waals surface area contributed by atoms with Crippen molar-refractivity contribution in [2.75, 3.05) is 18.9 Å². The number of aromatic nitrogens is 1. The molecule has 8 heteroatoms. The maximum Gasteiger partial charge on any atom is 0.316 e. The minimum atomic E-state index is -0.442. The van der Waals surface area contributed by atoms with E-state index in [2.05, 4.69) is 10.3 Å². The average Bonchev–Trinajstić information content (AvgIpc) is 3.17. The Bertz CT molecular complexity index is 998. The Morgan fingerprint density at radius 3 is 2.60 bits per heavy atom. The molecule has 0 saturated heterocycles. The molecular formula is C22H22N2O4S2. The van der Waals surface area contributed by atoms with E-state index in [0.29, 0.717) is 12.1 Å². The summed E-state index contributed by atoms with van der Waals surface area (Å²) in [7, 11) is 0. The smallest absolute Gasteiger partial charge is 0.316 e. The van der Waals surface area contributed by atoms with Crippen LogP contribution in [0, 0.1) is 0 Å². The number of hydrogen-bond donors (Lipinski definition) is 1. The summed E-state index contributed by atoms with van der Waals surface area (Å²) in [5.41, 5.74) is 2.50. The van der Waals surface area contributed by atoms with Crippen LogP contribution in [0.4, 0.5) is 0 Å². The molecule has 3 rings (SSSR count). The lowest BCUT2D eigenvalue weighted by atomic mass is 10.1. The Hall–Kier alpha value is -2.71. The van der Waals surface area contributed by atoms with Crippen molar-refractivity contribution in [3.8, 4) is 0 Å². The first-order valence-corrected chi connectivity index (χ1v) is 11.3. The molecule has 0 bridgehead atoms. The van der Waals surface area contributed by atoms with Crippen molar-refractivity contribution in [2.45, 2.75) is 24.1 Å². The van der Waals surface area contributed by atoms with Gasteiger partial charge in [0.25, 0.3) is 0 Å². The molecule has 30 heavy (non-hydrogen) atoms. The number of nitrogens with one attached hydrogen (secondary N) is 1. The van der Waals surface area contributed by atoms with Crippen LogP contribution in [0.3, 0.4) is 0 Å². The molecule has 0 fully saturated rings. The van der Waals surface area contributed by atoms with Crippen LogP contribution < -0.4 is 5.32 Å². The third-order valence-electron chi connectivity index (χ3n) is 4.24. The van der Waals surface area contributed by atoms with E-state index in [1.165, 1.54) is 30.0 Å². The number of ether oxygens (including phenoxy) is 1. The fourth-order valence-electron chi connectivity index (χ4n) is 2.72. The molecule has 0 saturated carbocycles. The van der Waals surface area contributed by atoms with Crippen LogP contribution in [0.2, 0.25) is 0 Å². The van der Waals surface area contributed by atoms with E-state index in [9.17, 15) is 14.4 Å². The zero-order valence-electron chi connectivity index (χ0n) is 16.6. The number of esters is 1. The molecule has 0 spiro atoms. The van der Waals surface area contributed by atoms with Gasteiger partial charge in [-0.2, -0.15) is 0 Å². The van der Waals surface area contributed by atoms with E-state index in [4.69, 9.17) is 4.74 Å². The number of Topliss-reactive ketones (excluding diaryl/α,β-unsaturated/α-hetero) is 1. The van der Waals surface area contributed by atoms with Gasteiger partial charge in [0.1, 0.15) is 0 Å². The topological polar surface area (TPSA) is 85.4 Å². The quantitative estimate of drug-likeness (QED) is 0.222. The fourth-order valence-corrected chi connectivity index (χ4v) is 4.59. The van der Waals surface area contributed by atoms with Crippen molar-refractivity contribution >= 4 is 51.0 Å². The number of rotatable bonds is 10. The second-order valence-corrected chi connectivity index (χ2v) is 8.86. The van der Waals surface area contributed by atoms with E-state index in [1.54, 1.807) is 12.1 Å². The van der Waals surface area contributed by atoms with Crippen LogP contribution in [-0.4, -0.2) is 41.5 Å². The highest BCUT2D eigenvalue weighted by molar-refractivity contribution is 8.01. The third-order valence-corrected chi connectivity index (χ3v) is 6.40. The number of ketones is 1. The first-order valence-electron chi connectivity index (χ1n) is 9.52. The summed E-state index contributed by atoms with van der Waals surface area (Å²) in [6, 6.07) is 15.0. The third kappa shape index (κ3) is 6.67. The summed E-state index contributed by atoms with van der Waals surface area (Å²) < 4.78 is 6.98. The number of nitrogens with zero attached hydrogens (tertiary/aromatic N) is 1. The van der Waals surface area contributed by atoms with Crippen LogP contribution in [-0.2, 0) is 20.7 Å². The fraction of sp³-hybridized carbons (Fsp3) is 0.273. The van der Waals surface area contributed by atoms with Gasteiger partial charge in [-0.05, 0) is 30.5 Å². The summed E-state index contributed by atoms with van der Waals surface area (Å²) in [6.07, 6.45) is 1.64. The van der Waals surface area contributed by atoms with Crippen molar-refractivity contribution in [2.24, 2.45) is 0 Å². The van der Waals surface area contributed by atoms with Gasteiger partial charge in [-0.25, -0.2) is 4.98 Å². The summed E-state index contributed by atoms with van der Waals surface area (Å²) in [6.45, 7) is 1.84. The lowest BCUT2D eigenvalue weighted by Gasteiger charge is -2.06. The Balaban J connectivity index is 1.39. The largest absolute Gasteiger partial charge is 0.457 e. The van der Waals surface area contributed by atoms with Gasteiger partial charge >= 0.3 is 5.97 Å². The average molecular weight is 443 g/mol. The number of thioether (sulfide) groups is 1. The zero-order chi connectivity index (χ0) is 21.3. The van der Waals surface area contributed by atoms with Crippen molar-refractivity contribution in [3.05, 3.63) is 59.7 Å². The highest BCUT2D eigenvalue weighted by atomic mass is 32.2. The van der Waals surface area contributed by atoms with Gasteiger partial charge in [0, 0.05) is 19.0 Å². The van der Waals surface area contributed by atoms with E-state index in [1.807, 2.05) is 36.4 Å². The number of benzene rings is 2. The lowest BCUT2D eigenvalue weighted by Crippen LogP contribution is -2.21. The Morgan fingerprint density at radius 2 is 1.87 bits per heavy atom. The molecule has 1 aromatic heterocycles. The molecule has 1 amide bonds. The van der Waals surface area contributed by atoms with Crippen molar-refractivity contribution in [1.29, 1.82) is 0 Å². The van der Waals surface area contributed by atoms with Gasteiger partial charge in [-0.1, -0.05) is 48.2 Å². The highest BCUT2D eigenvalue weighted by Crippen LogP contribution is 2.29. The van der Waals surface area contributed by atoms with Crippen LogP contribution >= 0.6 is 23.1 Å². The molecule has 156 valence electrons. The SMILES string of the molecule is CC(=O)NCCCc1ccc(C(=O)COC(=O)CSc2nc3ccccc3s2)cc1. The van der Waals surface area contributed by atoms with Crippen LogP contribution in [0.25, 0.3) is 10.2 Å². The molecule has 0 unspecified atom stereocenters. The predicted molar refractivity (Wildman–Crippen MR) is 119 cm³/mol. The minimum absolute atomic E-state index is 0.0380. The Kier molecular flexibility index (Phi) is 7.98. The first kappa shape index (κ1) is 22.0. The van der Waals surface area contributed by atoms with Gasteiger partial charge < -0.3 is 10.1 Å². The number of hydrogen-bond acceptors (Lipinski definition) is 7. The van der Waals surface area contributed by atoms with Gasteiger partial charge in [0.2, 0.25) is 5.91 Å². The molecule has 1 N–H and O–H groups in total. The molecular weight excluding hydrogens is 420 g/mol. The van der Waals surface area contributed by atoms with E-state index in [0.717, 1.165) is 33.0 Å². The van der Waals surface area contributed by atoms with E-state index >= 15 is 0 Å². The molecule has 0 aliphatic rings. The molecule has 2 aromatic carbocycles. The van der Waals surface area contributed by atoms with Crippen LogP contribution in [0.5, 0.6) is 0 Å². The Labute approximate surface area is 183 Å². The maximum atomic E-state index is 12.2. The zero-order valence-corrected chi connectivity index (χ0v) is 18.2. The van der Waals surface area contributed by atoms with Gasteiger partial charge in [0.05, 0.1) is 16.0 Å². The highest BCUT2D eigenvalue weighted by Gasteiger charge is 2.12. The lowest BCUT2D eigenvalue weighted by molar-refractivity contribution is -0.139. The summed E-state index contributed by atoms with van der Waals surface area (Å²) in [5.74, 6) is -0.607. The number of fused-ring (bicyclic) bond motifs is 1. The molecule has 0 atom stereocenters. The normalized spacial score (nSPS) is 10.7. The second-order valence-electron chi connectivity index (χ2n) is 6.60. The number of para-hydroxylation sites is 1.